The van der Waals surface area contributed by atoms with Gasteiger partial charge in [-0.05, 0) is 18.2 Å². The van der Waals surface area contributed by atoms with Gasteiger partial charge in [-0.3, -0.25) is 9.89 Å². The average Bonchev–Trinajstić information content (AvgIpc) is 3.53. The van der Waals surface area contributed by atoms with E-state index in [0.29, 0.717) is 53.4 Å². The van der Waals surface area contributed by atoms with E-state index in [4.69, 9.17) is 18.7 Å². The number of likely N-dealkylation sites (tertiary alicyclic amines) is 1. The minimum absolute atomic E-state index is 0.00594. The van der Waals surface area contributed by atoms with Gasteiger partial charge in [0.25, 0.3) is 5.91 Å². The number of carbonyl (C=O) groups is 1. The molecule has 0 atom stereocenters. The van der Waals surface area contributed by atoms with Crippen molar-refractivity contribution in [1.82, 2.24) is 25.2 Å². The van der Waals surface area contributed by atoms with E-state index in [2.05, 4.69) is 20.3 Å². The molecule has 0 unspecified atom stereocenters. The molecular weight excluding hydrogens is 438 g/mol. The van der Waals surface area contributed by atoms with Gasteiger partial charge in [-0.25, -0.2) is 0 Å². The highest BCUT2D eigenvalue weighted by Gasteiger charge is 2.36. The van der Waals surface area contributed by atoms with Gasteiger partial charge in [0.05, 0.1) is 32.9 Å². The fraction of sp³-hybridized carbons (Fsp3) is 0.250. The van der Waals surface area contributed by atoms with Gasteiger partial charge in [-0.2, -0.15) is 10.1 Å². The number of carbonyl (C=O) groups excluding carboxylic acids is 1. The van der Waals surface area contributed by atoms with Crippen LogP contribution in [0.3, 0.4) is 0 Å². The normalized spacial score (nSPS) is 13.4. The van der Waals surface area contributed by atoms with Gasteiger partial charge in [0.15, 0.2) is 11.5 Å². The molecule has 0 bridgehead atoms. The van der Waals surface area contributed by atoms with Crippen molar-refractivity contribution in [3.05, 3.63) is 60.1 Å². The number of hydrogen-bond donors (Lipinski definition) is 1. The van der Waals surface area contributed by atoms with Gasteiger partial charge in [-0.1, -0.05) is 35.5 Å². The van der Waals surface area contributed by atoms with Crippen LogP contribution in [0.15, 0.2) is 53.1 Å². The van der Waals surface area contributed by atoms with Crippen LogP contribution in [0.4, 0.5) is 0 Å². The first-order chi connectivity index (χ1) is 16.6. The highest BCUT2D eigenvalue weighted by Crippen LogP contribution is 2.41. The monoisotopic (exact) mass is 461 g/mol. The predicted octanol–water partition coefficient (Wildman–Crippen LogP) is 3.39. The summed E-state index contributed by atoms with van der Waals surface area (Å²) in [6.07, 6.45) is 0. The Kier molecular flexibility index (Phi) is 5.62. The number of nitrogens with zero attached hydrogens (tertiary/aromatic N) is 4. The maximum absolute atomic E-state index is 12.9. The van der Waals surface area contributed by atoms with Crippen molar-refractivity contribution in [1.29, 1.82) is 0 Å². The molecule has 1 amide bonds. The number of hydrogen-bond acceptors (Lipinski definition) is 8. The number of methoxy groups -OCH3 is 3. The molecule has 0 spiro atoms. The zero-order chi connectivity index (χ0) is 23.7. The van der Waals surface area contributed by atoms with E-state index >= 15 is 0 Å². The number of aromatic amines is 1. The van der Waals surface area contributed by atoms with Gasteiger partial charge in [0.2, 0.25) is 17.5 Å². The van der Waals surface area contributed by atoms with E-state index in [1.165, 1.54) is 0 Å². The van der Waals surface area contributed by atoms with Gasteiger partial charge in [-0.15, -0.1) is 0 Å². The number of H-pyrrole nitrogens is 1. The number of aromatic nitrogens is 4. The van der Waals surface area contributed by atoms with Crippen LogP contribution in [0.5, 0.6) is 17.2 Å². The smallest absolute Gasteiger partial charge is 0.271 e. The topological polar surface area (TPSA) is 116 Å². The quantitative estimate of drug-likeness (QED) is 0.445. The summed E-state index contributed by atoms with van der Waals surface area (Å²) in [7, 11) is 4.64. The zero-order valence-corrected chi connectivity index (χ0v) is 18.9. The fourth-order valence-corrected chi connectivity index (χ4v) is 3.88. The van der Waals surface area contributed by atoms with Crippen LogP contribution in [-0.4, -0.2) is 65.6 Å². The summed E-state index contributed by atoms with van der Waals surface area (Å²) in [5.74, 6) is 2.44. The third-order valence-electron chi connectivity index (χ3n) is 5.76. The summed E-state index contributed by atoms with van der Waals surface area (Å²) < 4.78 is 21.6. The molecule has 1 N–H and O–H groups in total. The molecule has 5 rings (SSSR count). The number of amides is 1. The predicted molar refractivity (Wildman–Crippen MR) is 122 cm³/mol. The second-order valence-electron chi connectivity index (χ2n) is 7.81. The second kappa shape index (κ2) is 8.89. The Morgan fingerprint density at radius 2 is 1.71 bits per heavy atom. The molecule has 2 aromatic carbocycles. The van der Waals surface area contributed by atoms with Crippen LogP contribution >= 0.6 is 0 Å². The van der Waals surface area contributed by atoms with Crippen molar-refractivity contribution in [2.75, 3.05) is 34.4 Å². The highest BCUT2D eigenvalue weighted by atomic mass is 16.5. The van der Waals surface area contributed by atoms with Crippen molar-refractivity contribution in [2.45, 2.75) is 5.92 Å². The first-order valence-electron chi connectivity index (χ1n) is 10.6. The molecule has 1 saturated heterocycles. The van der Waals surface area contributed by atoms with Crippen LogP contribution in [0.25, 0.3) is 22.6 Å². The summed E-state index contributed by atoms with van der Waals surface area (Å²) >= 11 is 0. The van der Waals surface area contributed by atoms with Crippen molar-refractivity contribution in [3.8, 4) is 39.9 Å². The summed E-state index contributed by atoms with van der Waals surface area (Å²) in [5, 5.41) is 11.2. The lowest BCUT2D eigenvalue weighted by molar-refractivity contribution is 0.0563. The van der Waals surface area contributed by atoms with Crippen LogP contribution in [0.2, 0.25) is 0 Å². The lowest BCUT2D eigenvalue weighted by atomic mass is 9.99. The van der Waals surface area contributed by atoms with E-state index in [1.807, 2.05) is 30.3 Å². The summed E-state index contributed by atoms with van der Waals surface area (Å²) in [5.41, 5.74) is 2.59. The van der Waals surface area contributed by atoms with E-state index < -0.39 is 0 Å². The van der Waals surface area contributed by atoms with Crippen LogP contribution < -0.4 is 14.2 Å². The Morgan fingerprint density at radius 3 is 2.35 bits per heavy atom. The summed E-state index contributed by atoms with van der Waals surface area (Å²) in [6.45, 7) is 0.988. The molecule has 1 fully saturated rings. The lowest BCUT2D eigenvalue weighted by Crippen LogP contribution is -2.48. The molecule has 0 radical (unpaired) electrons. The van der Waals surface area contributed by atoms with Crippen molar-refractivity contribution < 1.29 is 23.5 Å². The maximum atomic E-state index is 12.9. The number of benzene rings is 2. The van der Waals surface area contributed by atoms with Crippen molar-refractivity contribution in [2.24, 2.45) is 0 Å². The Bertz CT molecular complexity index is 1290. The molecule has 0 aliphatic carbocycles. The molecule has 2 aromatic heterocycles. The Labute approximate surface area is 195 Å². The largest absolute Gasteiger partial charge is 0.493 e. The van der Waals surface area contributed by atoms with E-state index in [-0.39, 0.29) is 11.8 Å². The van der Waals surface area contributed by atoms with Crippen LogP contribution in [-0.2, 0) is 0 Å². The number of nitrogens with one attached hydrogen (secondary N) is 1. The molecule has 174 valence electrons. The Balaban J connectivity index is 1.27. The van der Waals surface area contributed by atoms with Crippen LogP contribution in [0, 0.1) is 0 Å². The summed E-state index contributed by atoms with van der Waals surface area (Å²) in [4.78, 5) is 19.1. The third kappa shape index (κ3) is 3.83. The Hall–Kier alpha value is -4.34. The van der Waals surface area contributed by atoms with E-state index in [9.17, 15) is 4.79 Å². The Morgan fingerprint density at radius 1 is 1.00 bits per heavy atom. The van der Waals surface area contributed by atoms with E-state index in [0.717, 1.165) is 11.1 Å². The minimum Gasteiger partial charge on any atom is -0.493 e. The highest BCUT2D eigenvalue weighted by molar-refractivity contribution is 5.94. The maximum Gasteiger partial charge on any atom is 0.271 e. The molecule has 4 aromatic rings. The van der Waals surface area contributed by atoms with Crippen molar-refractivity contribution in [3.63, 3.8) is 0 Å². The molecule has 34 heavy (non-hydrogen) atoms. The van der Waals surface area contributed by atoms with Gasteiger partial charge < -0.3 is 23.6 Å². The fourth-order valence-electron chi connectivity index (χ4n) is 3.88. The number of ether oxygens (including phenoxy) is 3. The van der Waals surface area contributed by atoms with Gasteiger partial charge in [0.1, 0.15) is 5.69 Å². The average molecular weight is 461 g/mol. The van der Waals surface area contributed by atoms with Gasteiger partial charge >= 0.3 is 0 Å². The van der Waals surface area contributed by atoms with E-state index in [1.54, 1.807) is 44.4 Å². The molecule has 10 heteroatoms. The van der Waals surface area contributed by atoms with Gasteiger partial charge in [0, 0.05) is 24.2 Å². The first-order valence-corrected chi connectivity index (χ1v) is 10.6. The first kappa shape index (κ1) is 21.5. The zero-order valence-electron chi connectivity index (χ0n) is 18.9. The third-order valence-corrected chi connectivity index (χ3v) is 5.76. The van der Waals surface area contributed by atoms with Crippen LogP contribution in [0.1, 0.15) is 22.3 Å². The molecule has 0 saturated carbocycles. The molecule has 1 aliphatic heterocycles. The lowest BCUT2D eigenvalue weighted by Gasteiger charge is -2.36. The molecule has 3 heterocycles. The number of rotatable bonds is 7. The van der Waals surface area contributed by atoms with Crippen molar-refractivity contribution >= 4 is 5.91 Å². The molecule has 10 nitrogen and oxygen atoms in total. The molecule has 1 aliphatic rings. The SMILES string of the molecule is COc1cc(-c2cc(C(=O)N3CC(c4nc(-c5ccccc5)no4)C3)[nH]n2)cc(OC)c1OC. The standard InChI is InChI=1S/C24H23N5O5/c1-31-19-9-15(10-20(32-2)21(19)33-3)17-11-18(27-26-17)24(30)29-12-16(13-29)23-25-22(28-34-23)14-7-5-4-6-8-14/h4-11,16H,12-13H2,1-3H3,(H,26,27). The molecular formula is C24H23N5O5. The second-order valence-corrected chi connectivity index (χ2v) is 7.81. The minimum atomic E-state index is -0.148. The summed E-state index contributed by atoms with van der Waals surface area (Å²) in [6, 6.07) is 14.9.